The zero-order chi connectivity index (χ0) is 19.7. The highest BCUT2D eigenvalue weighted by atomic mass is 32.2. The van der Waals surface area contributed by atoms with Gasteiger partial charge in [0.1, 0.15) is 23.9 Å². The highest BCUT2D eigenvalue weighted by Gasteiger charge is 2.38. The van der Waals surface area contributed by atoms with E-state index in [4.69, 9.17) is 4.74 Å². The van der Waals surface area contributed by atoms with Crippen molar-refractivity contribution in [1.82, 2.24) is 19.3 Å². The van der Waals surface area contributed by atoms with Crippen LogP contribution in [-0.2, 0) is 16.6 Å². The lowest BCUT2D eigenvalue weighted by Gasteiger charge is -2.37. The maximum atomic E-state index is 13.4. The number of aryl methyl sites for hydroxylation is 1. The number of hydrogen-bond acceptors (Lipinski definition) is 5. The van der Waals surface area contributed by atoms with E-state index in [1.165, 1.54) is 22.5 Å². The van der Waals surface area contributed by atoms with Crippen molar-refractivity contribution in [3.8, 4) is 5.75 Å². The predicted molar refractivity (Wildman–Crippen MR) is 99.7 cm³/mol. The Hall–Kier alpha value is -2.78. The SMILES string of the molecule is Cc1cc(S(=O)(=O)N2CC(n3cc(COc4ccccc4)nn3)C2)ccc1F. The minimum atomic E-state index is -3.64. The number of halogens is 1. The van der Waals surface area contributed by atoms with Crippen molar-refractivity contribution in [3.63, 3.8) is 0 Å². The van der Waals surface area contributed by atoms with E-state index in [0.717, 1.165) is 5.75 Å². The van der Waals surface area contributed by atoms with E-state index in [1.54, 1.807) is 17.8 Å². The van der Waals surface area contributed by atoms with Crippen LogP contribution in [0.4, 0.5) is 4.39 Å². The minimum Gasteiger partial charge on any atom is -0.487 e. The van der Waals surface area contributed by atoms with E-state index in [1.807, 2.05) is 30.3 Å². The van der Waals surface area contributed by atoms with Crippen LogP contribution in [0.15, 0.2) is 59.6 Å². The molecule has 28 heavy (non-hydrogen) atoms. The van der Waals surface area contributed by atoms with Crippen LogP contribution in [0, 0.1) is 12.7 Å². The van der Waals surface area contributed by atoms with Crippen molar-refractivity contribution in [2.45, 2.75) is 24.5 Å². The summed E-state index contributed by atoms with van der Waals surface area (Å²) in [6, 6.07) is 13.1. The minimum absolute atomic E-state index is 0.0886. The van der Waals surface area contributed by atoms with Gasteiger partial charge in [-0.15, -0.1) is 5.10 Å². The van der Waals surface area contributed by atoms with Gasteiger partial charge in [0.05, 0.1) is 17.1 Å². The summed E-state index contributed by atoms with van der Waals surface area (Å²) in [5, 5.41) is 8.16. The Balaban J connectivity index is 1.37. The molecule has 3 aromatic rings. The Labute approximate surface area is 162 Å². The summed E-state index contributed by atoms with van der Waals surface area (Å²) >= 11 is 0. The van der Waals surface area contributed by atoms with Gasteiger partial charge in [0, 0.05) is 13.1 Å². The Morgan fingerprint density at radius 2 is 1.93 bits per heavy atom. The van der Waals surface area contributed by atoms with Crippen LogP contribution in [0.3, 0.4) is 0 Å². The molecule has 0 saturated carbocycles. The molecule has 1 aromatic heterocycles. The number of sulfonamides is 1. The highest BCUT2D eigenvalue weighted by molar-refractivity contribution is 7.89. The molecule has 146 valence electrons. The van der Waals surface area contributed by atoms with Crippen LogP contribution >= 0.6 is 0 Å². The Morgan fingerprint density at radius 1 is 1.18 bits per heavy atom. The molecule has 0 N–H and O–H groups in total. The fraction of sp³-hybridized carbons (Fsp3) is 0.263. The largest absolute Gasteiger partial charge is 0.487 e. The number of hydrogen-bond donors (Lipinski definition) is 0. The summed E-state index contributed by atoms with van der Waals surface area (Å²) in [5.41, 5.74) is 0.969. The smallest absolute Gasteiger partial charge is 0.243 e. The first kappa shape index (κ1) is 18.6. The summed E-state index contributed by atoms with van der Waals surface area (Å²) in [7, 11) is -3.64. The van der Waals surface area contributed by atoms with Crippen molar-refractivity contribution >= 4 is 10.0 Å². The zero-order valence-corrected chi connectivity index (χ0v) is 16.0. The molecule has 2 aromatic carbocycles. The molecule has 2 heterocycles. The van der Waals surface area contributed by atoms with E-state index < -0.39 is 15.8 Å². The molecule has 4 rings (SSSR count). The van der Waals surface area contributed by atoms with Gasteiger partial charge in [-0.25, -0.2) is 17.5 Å². The molecule has 1 saturated heterocycles. The molecule has 7 nitrogen and oxygen atoms in total. The second-order valence-corrected chi connectivity index (χ2v) is 8.62. The van der Waals surface area contributed by atoms with E-state index in [2.05, 4.69) is 10.3 Å². The third-order valence-corrected chi connectivity index (χ3v) is 6.49. The first-order valence-electron chi connectivity index (χ1n) is 8.78. The van der Waals surface area contributed by atoms with Gasteiger partial charge in [-0.3, -0.25) is 0 Å². The lowest BCUT2D eigenvalue weighted by molar-refractivity contribution is 0.188. The average molecular weight is 402 g/mol. The van der Waals surface area contributed by atoms with Crippen molar-refractivity contribution in [3.05, 3.63) is 71.8 Å². The van der Waals surface area contributed by atoms with Gasteiger partial charge in [-0.05, 0) is 42.8 Å². The molecule has 0 radical (unpaired) electrons. The first-order valence-corrected chi connectivity index (χ1v) is 10.2. The molecule has 0 bridgehead atoms. The van der Waals surface area contributed by atoms with Crippen LogP contribution in [0.2, 0.25) is 0 Å². The molecule has 0 atom stereocenters. The van der Waals surface area contributed by atoms with E-state index in [0.29, 0.717) is 24.3 Å². The maximum Gasteiger partial charge on any atom is 0.243 e. The van der Waals surface area contributed by atoms with E-state index in [-0.39, 0.29) is 17.5 Å². The summed E-state index contributed by atoms with van der Waals surface area (Å²) in [6.07, 6.45) is 1.76. The molecule has 1 aliphatic heterocycles. The standard InChI is InChI=1S/C19H19FN4O3S/c1-14-9-18(7-8-19(14)20)28(25,26)23-11-16(12-23)24-10-15(21-22-24)13-27-17-5-3-2-4-6-17/h2-10,16H,11-13H2,1H3. The molecule has 1 aliphatic rings. The first-order chi connectivity index (χ1) is 13.4. The summed E-state index contributed by atoms with van der Waals surface area (Å²) in [6.45, 7) is 2.41. The van der Waals surface area contributed by atoms with Gasteiger partial charge < -0.3 is 4.74 Å². The quantitative estimate of drug-likeness (QED) is 0.633. The van der Waals surface area contributed by atoms with Crippen LogP contribution in [0.25, 0.3) is 0 Å². The van der Waals surface area contributed by atoms with Gasteiger partial charge in [-0.2, -0.15) is 4.31 Å². The predicted octanol–water partition coefficient (Wildman–Crippen LogP) is 2.55. The van der Waals surface area contributed by atoms with Crippen molar-refractivity contribution in [2.24, 2.45) is 0 Å². The second kappa shape index (κ2) is 7.33. The monoisotopic (exact) mass is 402 g/mol. The van der Waals surface area contributed by atoms with Gasteiger partial charge in [-0.1, -0.05) is 23.4 Å². The topological polar surface area (TPSA) is 77.3 Å². The summed E-state index contributed by atoms with van der Waals surface area (Å²) in [5.74, 6) is 0.320. The molecule has 0 unspecified atom stereocenters. The summed E-state index contributed by atoms with van der Waals surface area (Å²) in [4.78, 5) is 0.0976. The number of rotatable bonds is 6. The van der Waals surface area contributed by atoms with E-state index >= 15 is 0 Å². The third-order valence-electron chi connectivity index (χ3n) is 4.66. The van der Waals surface area contributed by atoms with Crippen LogP contribution < -0.4 is 4.74 Å². The van der Waals surface area contributed by atoms with Gasteiger partial charge >= 0.3 is 0 Å². The average Bonchev–Trinajstić information content (AvgIpc) is 3.10. The Bertz CT molecular complexity index is 1080. The van der Waals surface area contributed by atoms with Crippen molar-refractivity contribution in [1.29, 1.82) is 0 Å². The van der Waals surface area contributed by atoms with Crippen LogP contribution in [0.1, 0.15) is 17.3 Å². The molecule has 1 fully saturated rings. The normalized spacial score (nSPS) is 15.4. The Kier molecular flexibility index (Phi) is 4.86. The fourth-order valence-corrected chi connectivity index (χ4v) is 4.54. The Morgan fingerprint density at radius 3 is 2.64 bits per heavy atom. The van der Waals surface area contributed by atoms with Gasteiger partial charge in [0.2, 0.25) is 10.0 Å². The van der Waals surface area contributed by atoms with Crippen LogP contribution in [-0.4, -0.2) is 40.8 Å². The second-order valence-electron chi connectivity index (χ2n) is 6.68. The number of aromatic nitrogens is 3. The molecular formula is C19H19FN4O3S. The number of ether oxygens (including phenoxy) is 1. The molecular weight excluding hydrogens is 383 g/mol. The zero-order valence-electron chi connectivity index (χ0n) is 15.2. The third kappa shape index (κ3) is 3.63. The van der Waals surface area contributed by atoms with Gasteiger partial charge in [0.25, 0.3) is 0 Å². The lowest BCUT2D eigenvalue weighted by atomic mass is 10.2. The highest BCUT2D eigenvalue weighted by Crippen LogP contribution is 2.28. The fourth-order valence-electron chi connectivity index (χ4n) is 2.94. The van der Waals surface area contributed by atoms with Crippen LogP contribution in [0.5, 0.6) is 5.75 Å². The molecule has 0 amide bonds. The number of nitrogens with zero attached hydrogens (tertiary/aromatic N) is 4. The molecule has 0 aliphatic carbocycles. The van der Waals surface area contributed by atoms with Gasteiger partial charge in [0.15, 0.2) is 0 Å². The lowest BCUT2D eigenvalue weighted by Crippen LogP contribution is -2.50. The van der Waals surface area contributed by atoms with Crippen molar-refractivity contribution in [2.75, 3.05) is 13.1 Å². The number of benzene rings is 2. The summed E-state index contributed by atoms with van der Waals surface area (Å²) < 4.78 is 47.4. The van der Waals surface area contributed by atoms with Crippen molar-refractivity contribution < 1.29 is 17.5 Å². The maximum absolute atomic E-state index is 13.4. The van der Waals surface area contributed by atoms with E-state index in [9.17, 15) is 12.8 Å². The molecule has 9 heteroatoms. The number of para-hydroxylation sites is 1. The molecule has 0 spiro atoms.